The van der Waals surface area contributed by atoms with Gasteiger partial charge in [0.15, 0.2) is 6.29 Å². The monoisotopic (exact) mass is 328 g/mol. The van der Waals surface area contributed by atoms with Crippen LogP contribution in [0.2, 0.25) is 0 Å². The highest BCUT2D eigenvalue weighted by molar-refractivity contribution is 14.1. The number of hydrogen-bond donors (Lipinski definition) is 0. The number of nitrogens with zero attached hydrogens (tertiary/aromatic N) is 2. The first-order chi connectivity index (χ1) is 6.97. The Morgan fingerprint density at radius 2 is 2.20 bits per heavy atom. The Hall–Kier alpha value is -1.19. The highest BCUT2D eigenvalue weighted by Gasteiger charge is 2.22. The lowest BCUT2D eigenvalue weighted by molar-refractivity contribution is -0.385. The van der Waals surface area contributed by atoms with E-state index in [2.05, 4.69) is 4.98 Å². The SMILES string of the molecule is O=Cc1c([N+](=O)[O-])cc(C(F)F)nc1I. The molecule has 0 radical (unpaired) electrons. The number of alkyl halides is 2. The van der Waals surface area contributed by atoms with Crippen LogP contribution in [-0.2, 0) is 0 Å². The van der Waals surface area contributed by atoms with Gasteiger partial charge in [0, 0.05) is 6.07 Å². The summed E-state index contributed by atoms with van der Waals surface area (Å²) in [6.45, 7) is 0. The summed E-state index contributed by atoms with van der Waals surface area (Å²) in [4.78, 5) is 23.5. The zero-order valence-electron chi connectivity index (χ0n) is 6.99. The van der Waals surface area contributed by atoms with Crippen molar-refractivity contribution in [2.45, 2.75) is 6.43 Å². The van der Waals surface area contributed by atoms with Crippen LogP contribution in [0, 0.1) is 13.8 Å². The predicted octanol–water partition coefficient (Wildman–Crippen LogP) is 2.34. The Bertz CT molecular complexity index is 425. The van der Waals surface area contributed by atoms with Crippen LogP contribution in [0.5, 0.6) is 0 Å². The zero-order valence-corrected chi connectivity index (χ0v) is 9.14. The van der Waals surface area contributed by atoms with Gasteiger partial charge in [0.2, 0.25) is 0 Å². The summed E-state index contributed by atoms with van der Waals surface area (Å²) in [7, 11) is 0. The first-order valence-corrected chi connectivity index (χ1v) is 4.63. The average Bonchev–Trinajstić information content (AvgIpc) is 2.16. The van der Waals surface area contributed by atoms with Gasteiger partial charge in [0.25, 0.3) is 12.1 Å². The molecule has 0 spiro atoms. The molecule has 0 fully saturated rings. The van der Waals surface area contributed by atoms with Gasteiger partial charge in [0.05, 0.1) is 4.92 Å². The number of aromatic nitrogens is 1. The van der Waals surface area contributed by atoms with Gasteiger partial charge in [-0.2, -0.15) is 0 Å². The molecule has 0 aromatic carbocycles. The summed E-state index contributed by atoms with van der Waals surface area (Å²) in [5.41, 5.74) is -1.65. The maximum atomic E-state index is 12.2. The second-order valence-electron chi connectivity index (χ2n) is 2.45. The molecule has 0 saturated carbocycles. The quantitative estimate of drug-likeness (QED) is 0.281. The third-order valence-electron chi connectivity index (χ3n) is 1.55. The lowest BCUT2D eigenvalue weighted by Crippen LogP contribution is -2.03. The molecule has 15 heavy (non-hydrogen) atoms. The molecular weight excluding hydrogens is 325 g/mol. The van der Waals surface area contributed by atoms with E-state index in [-0.39, 0.29) is 15.6 Å². The van der Waals surface area contributed by atoms with Crippen LogP contribution in [-0.4, -0.2) is 16.2 Å². The van der Waals surface area contributed by atoms with Crippen molar-refractivity contribution in [3.63, 3.8) is 0 Å². The molecule has 0 bridgehead atoms. The van der Waals surface area contributed by atoms with Crippen LogP contribution in [0.25, 0.3) is 0 Å². The molecule has 0 aliphatic heterocycles. The number of hydrogen-bond acceptors (Lipinski definition) is 4. The minimum atomic E-state index is -2.90. The summed E-state index contributed by atoms with van der Waals surface area (Å²) in [5, 5.41) is 10.5. The second kappa shape index (κ2) is 4.55. The fourth-order valence-corrected chi connectivity index (χ4v) is 1.58. The van der Waals surface area contributed by atoms with E-state index >= 15 is 0 Å². The Labute approximate surface area is 95.8 Å². The first kappa shape index (κ1) is 11.9. The highest BCUT2D eigenvalue weighted by atomic mass is 127. The molecule has 80 valence electrons. The third-order valence-corrected chi connectivity index (χ3v) is 2.37. The van der Waals surface area contributed by atoms with Crippen LogP contribution < -0.4 is 0 Å². The van der Waals surface area contributed by atoms with Gasteiger partial charge in [-0.25, -0.2) is 13.8 Å². The van der Waals surface area contributed by atoms with Gasteiger partial charge in [-0.3, -0.25) is 14.9 Å². The molecule has 8 heteroatoms. The van der Waals surface area contributed by atoms with Gasteiger partial charge < -0.3 is 0 Å². The van der Waals surface area contributed by atoms with Crippen molar-refractivity contribution in [1.29, 1.82) is 0 Å². The zero-order chi connectivity index (χ0) is 11.6. The summed E-state index contributed by atoms with van der Waals surface area (Å²) < 4.78 is 24.4. The van der Waals surface area contributed by atoms with Crippen molar-refractivity contribution >= 4 is 34.6 Å². The minimum Gasteiger partial charge on any atom is -0.298 e. The number of nitro groups is 1. The van der Waals surface area contributed by atoms with Crippen LogP contribution in [0.3, 0.4) is 0 Å². The molecule has 1 aromatic heterocycles. The number of carbonyl (C=O) groups is 1. The Balaban J connectivity index is 3.45. The molecule has 0 amide bonds. The largest absolute Gasteiger partial charge is 0.298 e. The molecule has 1 rings (SSSR count). The summed E-state index contributed by atoms with van der Waals surface area (Å²) in [6, 6.07) is 0.608. The maximum Gasteiger partial charge on any atom is 0.284 e. The third kappa shape index (κ3) is 2.43. The fraction of sp³-hybridized carbons (Fsp3) is 0.143. The van der Waals surface area contributed by atoms with Gasteiger partial charge in [-0.15, -0.1) is 0 Å². The topological polar surface area (TPSA) is 73.1 Å². The molecule has 0 aliphatic carbocycles. The van der Waals surface area contributed by atoms with Crippen molar-refractivity contribution < 1.29 is 18.5 Å². The lowest BCUT2D eigenvalue weighted by Gasteiger charge is -2.02. The van der Waals surface area contributed by atoms with E-state index in [1.54, 1.807) is 0 Å². The molecule has 0 unspecified atom stereocenters. The van der Waals surface area contributed by atoms with E-state index in [1.807, 2.05) is 0 Å². The molecule has 5 nitrogen and oxygen atoms in total. The smallest absolute Gasteiger partial charge is 0.284 e. The Morgan fingerprint density at radius 1 is 1.60 bits per heavy atom. The van der Waals surface area contributed by atoms with Gasteiger partial charge in [0.1, 0.15) is 15.0 Å². The standard InChI is InChI=1S/C7H3F2IN2O3/c8-6(9)4-1-5(12(14)15)3(2-13)7(10)11-4/h1-2,6H. The normalized spacial score (nSPS) is 10.4. The summed E-state index contributed by atoms with van der Waals surface area (Å²) in [5.74, 6) is 0. The number of pyridine rings is 1. The second-order valence-corrected chi connectivity index (χ2v) is 3.47. The molecule has 0 atom stereocenters. The van der Waals surface area contributed by atoms with E-state index in [0.717, 1.165) is 0 Å². The molecule has 1 heterocycles. The van der Waals surface area contributed by atoms with Gasteiger partial charge >= 0.3 is 0 Å². The number of rotatable bonds is 3. The highest BCUT2D eigenvalue weighted by Crippen LogP contribution is 2.26. The van der Waals surface area contributed by atoms with Crippen molar-refractivity contribution in [2.24, 2.45) is 0 Å². The van der Waals surface area contributed by atoms with Crippen LogP contribution in [0.15, 0.2) is 6.07 Å². The summed E-state index contributed by atoms with van der Waals surface area (Å²) in [6.07, 6.45) is -2.68. The predicted molar refractivity (Wildman–Crippen MR) is 54.0 cm³/mol. The number of halogens is 3. The fourth-order valence-electron chi connectivity index (χ4n) is 0.901. The Kier molecular flexibility index (Phi) is 3.61. The maximum absolute atomic E-state index is 12.2. The molecule has 0 aliphatic rings. The van der Waals surface area contributed by atoms with Crippen molar-refractivity contribution in [1.82, 2.24) is 4.98 Å². The molecule has 0 N–H and O–H groups in total. The van der Waals surface area contributed by atoms with Crippen molar-refractivity contribution in [2.75, 3.05) is 0 Å². The first-order valence-electron chi connectivity index (χ1n) is 3.55. The van der Waals surface area contributed by atoms with Crippen molar-refractivity contribution in [3.05, 3.63) is 31.1 Å². The van der Waals surface area contributed by atoms with Crippen LogP contribution in [0.1, 0.15) is 22.5 Å². The number of aldehydes is 1. The van der Waals surface area contributed by atoms with E-state index in [0.29, 0.717) is 6.07 Å². The van der Waals surface area contributed by atoms with E-state index in [9.17, 15) is 23.7 Å². The van der Waals surface area contributed by atoms with Gasteiger partial charge in [-0.1, -0.05) is 0 Å². The average molecular weight is 328 g/mol. The molecule has 0 saturated heterocycles. The van der Waals surface area contributed by atoms with Crippen LogP contribution in [0.4, 0.5) is 14.5 Å². The number of carbonyl (C=O) groups excluding carboxylic acids is 1. The van der Waals surface area contributed by atoms with Crippen LogP contribution >= 0.6 is 22.6 Å². The minimum absolute atomic E-state index is 0.105. The Morgan fingerprint density at radius 3 is 2.60 bits per heavy atom. The van der Waals surface area contributed by atoms with E-state index in [1.165, 1.54) is 22.6 Å². The lowest BCUT2D eigenvalue weighted by atomic mass is 10.2. The summed E-state index contributed by atoms with van der Waals surface area (Å²) >= 11 is 1.50. The molecular formula is C7H3F2IN2O3. The van der Waals surface area contributed by atoms with Gasteiger partial charge in [-0.05, 0) is 22.6 Å². The molecule has 1 aromatic rings. The van der Waals surface area contributed by atoms with E-state index < -0.39 is 22.7 Å². The van der Waals surface area contributed by atoms with E-state index in [4.69, 9.17) is 0 Å². The van der Waals surface area contributed by atoms with Crippen molar-refractivity contribution in [3.8, 4) is 0 Å².